The summed E-state index contributed by atoms with van der Waals surface area (Å²) < 4.78 is 39.3. The number of benzene rings is 1. The third-order valence-electron chi connectivity index (χ3n) is 2.96. The van der Waals surface area contributed by atoms with Crippen molar-refractivity contribution in [1.82, 2.24) is 9.78 Å². The smallest absolute Gasteiger partial charge is 0.330 e. The zero-order valence-electron chi connectivity index (χ0n) is 10.4. The van der Waals surface area contributed by atoms with Gasteiger partial charge in [0.25, 0.3) is 0 Å². The number of halogens is 3. The maximum absolute atomic E-state index is 12.6. The second kappa shape index (κ2) is 5.05. The monoisotopic (exact) mass is 269 g/mol. The standard InChI is InChI=1S/C13H14F3N3/c1-9(6-17)10-7-18-19(8-10)12-4-2-3-11(5-12)13(14,15)16/h2-5,7-9H,6,17H2,1H3. The van der Waals surface area contributed by atoms with Crippen molar-refractivity contribution in [1.29, 1.82) is 0 Å². The Labute approximate surface area is 108 Å². The molecule has 0 bridgehead atoms. The lowest BCUT2D eigenvalue weighted by molar-refractivity contribution is -0.137. The van der Waals surface area contributed by atoms with Gasteiger partial charge in [-0.3, -0.25) is 0 Å². The zero-order chi connectivity index (χ0) is 14.0. The molecule has 0 saturated carbocycles. The molecule has 1 aromatic carbocycles. The van der Waals surface area contributed by atoms with Gasteiger partial charge in [0, 0.05) is 6.20 Å². The first-order chi connectivity index (χ1) is 8.91. The van der Waals surface area contributed by atoms with Gasteiger partial charge in [-0.25, -0.2) is 4.68 Å². The summed E-state index contributed by atoms with van der Waals surface area (Å²) in [5.74, 6) is 0.125. The molecule has 0 aliphatic rings. The Morgan fingerprint density at radius 1 is 1.37 bits per heavy atom. The summed E-state index contributed by atoms with van der Waals surface area (Å²) in [6.45, 7) is 2.40. The van der Waals surface area contributed by atoms with E-state index in [1.54, 1.807) is 18.5 Å². The summed E-state index contributed by atoms with van der Waals surface area (Å²) >= 11 is 0. The summed E-state index contributed by atoms with van der Waals surface area (Å²) in [4.78, 5) is 0. The lowest BCUT2D eigenvalue weighted by Gasteiger charge is -2.08. The Bertz CT molecular complexity index is 560. The quantitative estimate of drug-likeness (QED) is 0.931. The zero-order valence-corrected chi connectivity index (χ0v) is 10.4. The molecule has 0 amide bonds. The van der Waals surface area contributed by atoms with Crippen LogP contribution in [0.25, 0.3) is 5.69 Å². The normalized spacial score (nSPS) is 13.5. The molecule has 3 nitrogen and oxygen atoms in total. The predicted molar refractivity (Wildman–Crippen MR) is 66.0 cm³/mol. The Balaban J connectivity index is 2.34. The van der Waals surface area contributed by atoms with E-state index in [1.807, 2.05) is 6.92 Å². The number of hydrogen-bond acceptors (Lipinski definition) is 2. The van der Waals surface area contributed by atoms with Crippen LogP contribution in [0.2, 0.25) is 0 Å². The fourth-order valence-corrected chi connectivity index (χ4v) is 1.69. The molecule has 19 heavy (non-hydrogen) atoms. The van der Waals surface area contributed by atoms with Gasteiger partial charge in [0.2, 0.25) is 0 Å². The molecule has 6 heteroatoms. The maximum Gasteiger partial charge on any atom is 0.416 e. The molecule has 0 aliphatic carbocycles. The van der Waals surface area contributed by atoms with E-state index in [9.17, 15) is 13.2 Å². The van der Waals surface area contributed by atoms with Crippen molar-refractivity contribution in [2.75, 3.05) is 6.54 Å². The van der Waals surface area contributed by atoms with Crippen LogP contribution in [0.4, 0.5) is 13.2 Å². The summed E-state index contributed by atoms with van der Waals surface area (Å²) in [6.07, 6.45) is -1.03. The van der Waals surface area contributed by atoms with Crippen LogP contribution in [0.1, 0.15) is 24.0 Å². The molecule has 0 spiro atoms. The van der Waals surface area contributed by atoms with Gasteiger partial charge in [0.1, 0.15) is 0 Å². The van der Waals surface area contributed by atoms with Gasteiger partial charge in [-0.1, -0.05) is 13.0 Å². The van der Waals surface area contributed by atoms with Crippen LogP contribution in [0, 0.1) is 0 Å². The largest absolute Gasteiger partial charge is 0.416 e. The summed E-state index contributed by atoms with van der Waals surface area (Å²) in [7, 11) is 0. The van der Waals surface area contributed by atoms with Gasteiger partial charge in [-0.15, -0.1) is 0 Å². The minimum absolute atomic E-state index is 0.125. The van der Waals surface area contributed by atoms with Gasteiger partial charge in [-0.2, -0.15) is 18.3 Å². The summed E-state index contributed by atoms with van der Waals surface area (Å²) in [5, 5.41) is 4.07. The number of nitrogens with two attached hydrogens (primary N) is 1. The van der Waals surface area contributed by atoms with Crippen LogP contribution in [0.5, 0.6) is 0 Å². The van der Waals surface area contributed by atoms with Gasteiger partial charge in [-0.05, 0) is 36.2 Å². The van der Waals surface area contributed by atoms with E-state index in [4.69, 9.17) is 5.73 Å². The molecule has 0 saturated heterocycles. The molecule has 0 fully saturated rings. The van der Waals surface area contributed by atoms with E-state index in [1.165, 1.54) is 10.7 Å². The Hall–Kier alpha value is -1.82. The Morgan fingerprint density at radius 3 is 2.74 bits per heavy atom. The van der Waals surface area contributed by atoms with Crippen molar-refractivity contribution in [2.24, 2.45) is 5.73 Å². The maximum atomic E-state index is 12.6. The number of rotatable bonds is 3. The molecule has 0 aliphatic heterocycles. The van der Waals surface area contributed by atoms with E-state index >= 15 is 0 Å². The number of nitrogens with zero attached hydrogens (tertiary/aromatic N) is 2. The highest BCUT2D eigenvalue weighted by molar-refractivity contribution is 5.37. The third kappa shape index (κ3) is 2.96. The van der Waals surface area contributed by atoms with Crippen LogP contribution >= 0.6 is 0 Å². The average Bonchev–Trinajstić information content (AvgIpc) is 2.86. The highest BCUT2D eigenvalue weighted by Crippen LogP contribution is 2.30. The second-order valence-electron chi connectivity index (χ2n) is 4.40. The van der Waals surface area contributed by atoms with Gasteiger partial charge in [0.05, 0.1) is 17.4 Å². The van der Waals surface area contributed by atoms with E-state index in [2.05, 4.69) is 5.10 Å². The van der Waals surface area contributed by atoms with Crippen molar-refractivity contribution < 1.29 is 13.2 Å². The average molecular weight is 269 g/mol. The molecular weight excluding hydrogens is 255 g/mol. The van der Waals surface area contributed by atoms with Crippen molar-refractivity contribution in [3.63, 3.8) is 0 Å². The van der Waals surface area contributed by atoms with Crippen LogP contribution in [-0.2, 0) is 6.18 Å². The highest BCUT2D eigenvalue weighted by atomic mass is 19.4. The fourth-order valence-electron chi connectivity index (χ4n) is 1.69. The van der Waals surface area contributed by atoms with Crippen molar-refractivity contribution in [3.05, 3.63) is 47.8 Å². The first kappa shape index (κ1) is 13.6. The molecule has 1 heterocycles. The van der Waals surface area contributed by atoms with Crippen LogP contribution < -0.4 is 5.73 Å². The van der Waals surface area contributed by atoms with E-state index in [-0.39, 0.29) is 5.92 Å². The molecule has 2 N–H and O–H groups in total. The summed E-state index contributed by atoms with van der Waals surface area (Å²) in [6, 6.07) is 5.06. The molecule has 0 radical (unpaired) electrons. The first-order valence-corrected chi connectivity index (χ1v) is 5.84. The van der Waals surface area contributed by atoms with Crippen LogP contribution in [-0.4, -0.2) is 16.3 Å². The van der Waals surface area contributed by atoms with Crippen molar-refractivity contribution in [2.45, 2.75) is 19.0 Å². The lowest BCUT2D eigenvalue weighted by atomic mass is 10.1. The number of alkyl halides is 3. The molecule has 2 rings (SSSR count). The van der Waals surface area contributed by atoms with E-state index in [0.717, 1.165) is 17.7 Å². The van der Waals surface area contributed by atoms with Crippen molar-refractivity contribution >= 4 is 0 Å². The van der Waals surface area contributed by atoms with E-state index in [0.29, 0.717) is 12.2 Å². The molecule has 1 aromatic heterocycles. The van der Waals surface area contributed by atoms with Gasteiger partial charge < -0.3 is 5.73 Å². The highest BCUT2D eigenvalue weighted by Gasteiger charge is 2.30. The number of hydrogen-bond donors (Lipinski definition) is 1. The minimum atomic E-state index is -4.35. The molecule has 1 atom stereocenters. The Morgan fingerprint density at radius 2 is 2.11 bits per heavy atom. The van der Waals surface area contributed by atoms with Crippen LogP contribution in [0.3, 0.4) is 0 Å². The fraction of sp³-hybridized carbons (Fsp3) is 0.308. The second-order valence-corrected chi connectivity index (χ2v) is 4.40. The Kier molecular flexibility index (Phi) is 3.61. The number of aromatic nitrogens is 2. The van der Waals surface area contributed by atoms with Gasteiger partial charge >= 0.3 is 6.18 Å². The lowest BCUT2D eigenvalue weighted by Crippen LogP contribution is -2.08. The van der Waals surface area contributed by atoms with E-state index < -0.39 is 11.7 Å². The van der Waals surface area contributed by atoms with Crippen LogP contribution in [0.15, 0.2) is 36.7 Å². The molecule has 1 unspecified atom stereocenters. The summed E-state index contributed by atoms with van der Waals surface area (Å²) in [5.41, 5.74) is 6.14. The van der Waals surface area contributed by atoms with Gasteiger partial charge in [0.15, 0.2) is 0 Å². The SMILES string of the molecule is CC(CN)c1cnn(-c2cccc(C(F)(F)F)c2)c1. The molecule has 2 aromatic rings. The molecular formula is C13H14F3N3. The minimum Gasteiger partial charge on any atom is -0.330 e. The predicted octanol–water partition coefficient (Wildman–Crippen LogP) is 2.95. The third-order valence-corrected chi connectivity index (χ3v) is 2.96. The molecule has 102 valence electrons. The topological polar surface area (TPSA) is 43.8 Å². The van der Waals surface area contributed by atoms with Crippen molar-refractivity contribution in [3.8, 4) is 5.69 Å². The first-order valence-electron chi connectivity index (χ1n) is 5.84.